The van der Waals surface area contributed by atoms with Gasteiger partial charge in [0, 0.05) is 24.5 Å². The summed E-state index contributed by atoms with van der Waals surface area (Å²) in [5.41, 5.74) is 3.49. The summed E-state index contributed by atoms with van der Waals surface area (Å²) in [6.45, 7) is 1.90. The van der Waals surface area contributed by atoms with Gasteiger partial charge in [0.05, 0.1) is 17.5 Å². The standard InChI is InChI=1S/C16H15N3O/c1-11-7-8-12(10-17-11)15(20)9-16-18-13-5-3-4-6-14(13)19(16)2/h3-8,10H,9H2,1-2H3. The molecule has 4 heteroatoms. The molecule has 0 spiro atoms. The smallest absolute Gasteiger partial charge is 0.171 e. The van der Waals surface area contributed by atoms with E-state index in [1.165, 1.54) is 0 Å². The van der Waals surface area contributed by atoms with Gasteiger partial charge in [-0.2, -0.15) is 0 Å². The minimum Gasteiger partial charge on any atom is -0.331 e. The molecule has 0 aliphatic carbocycles. The molecule has 0 aliphatic heterocycles. The molecule has 2 heterocycles. The van der Waals surface area contributed by atoms with Gasteiger partial charge in [0.1, 0.15) is 5.82 Å². The van der Waals surface area contributed by atoms with E-state index in [9.17, 15) is 4.79 Å². The molecule has 3 rings (SSSR count). The lowest BCUT2D eigenvalue weighted by Gasteiger charge is -2.02. The molecule has 0 saturated carbocycles. The van der Waals surface area contributed by atoms with E-state index in [1.54, 1.807) is 6.20 Å². The van der Waals surface area contributed by atoms with Crippen LogP contribution in [-0.4, -0.2) is 20.3 Å². The summed E-state index contributed by atoms with van der Waals surface area (Å²) in [5.74, 6) is 0.813. The molecule has 0 aliphatic rings. The Kier molecular flexibility index (Phi) is 3.06. The number of carbonyl (C=O) groups excluding carboxylic acids is 1. The first-order chi connectivity index (χ1) is 9.65. The van der Waals surface area contributed by atoms with E-state index < -0.39 is 0 Å². The molecule has 0 radical (unpaired) electrons. The third kappa shape index (κ3) is 2.20. The maximum absolute atomic E-state index is 12.3. The first-order valence-electron chi connectivity index (χ1n) is 6.51. The summed E-state index contributed by atoms with van der Waals surface area (Å²) in [4.78, 5) is 20.9. The predicted molar refractivity (Wildman–Crippen MR) is 77.7 cm³/mol. The lowest BCUT2D eigenvalue weighted by molar-refractivity contribution is 0.0990. The summed E-state index contributed by atoms with van der Waals surface area (Å²) in [7, 11) is 1.94. The zero-order valence-corrected chi connectivity index (χ0v) is 11.5. The second-order valence-corrected chi connectivity index (χ2v) is 4.86. The van der Waals surface area contributed by atoms with Crippen LogP contribution >= 0.6 is 0 Å². The summed E-state index contributed by atoms with van der Waals surface area (Å²) in [6.07, 6.45) is 1.91. The second kappa shape index (κ2) is 4.89. The number of aromatic nitrogens is 3. The third-order valence-electron chi connectivity index (χ3n) is 3.43. The van der Waals surface area contributed by atoms with Gasteiger partial charge in [0.2, 0.25) is 0 Å². The van der Waals surface area contributed by atoms with Crippen LogP contribution in [0, 0.1) is 6.92 Å². The van der Waals surface area contributed by atoms with E-state index in [1.807, 2.05) is 54.9 Å². The highest BCUT2D eigenvalue weighted by molar-refractivity contribution is 5.97. The molecule has 0 N–H and O–H groups in total. The largest absolute Gasteiger partial charge is 0.331 e. The first-order valence-corrected chi connectivity index (χ1v) is 6.51. The Morgan fingerprint density at radius 3 is 2.70 bits per heavy atom. The predicted octanol–water partition coefficient (Wildman–Crippen LogP) is 2.70. The van der Waals surface area contributed by atoms with Gasteiger partial charge in [0.25, 0.3) is 0 Å². The highest BCUT2D eigenvalue weighted by atomic mass is 16.1. The topological polar surface area (TPSA) is 47.8 Å². The van der Waals surface area contributed by atoms with Crippen molar-refractivity contribution in [1.29, 1.82) is 0 Å². The highest BCUT2D eigenvalue weighted by Crippen LogP contribution is 2.15. The normalized spacial score (nSPS) is 10.9. The minimum atomic E-state index is 0.0379. The Morgan fingerprint density at radius 1 is 1.20 bits per heavy atom. The summed E-state index contributed by atoms with van der Waals surface area (Å²) in [5, 5.41) is 0. The molecule has 0 atom stereocenters. The number of pyridine rings is 1. The van der Waals surface area contributed by atoms with Crippen LogP contribution < -0.4 is 0 Å². The minimum absolute atomic E-state index is 0.0379. The van der Waals surface area contributed by atoms with E-state index in [-0.39, 0.29) is 12.2 Å². The van der Waals surface area contributed by atoms with E-state index in [2.05, 4.69) is 9.97 Å². The van der Waals surface area contributed by atoms with Gasteiger partial charge in [-0.05, 0) is 31.2 Å². The average molecular weight is 265 g/mol. The molecule has 100 valence electrons. The lowest BCUT2D eigenvalue weighted by atomic mass is 10.1. The van der Waals surface area contributed by atoms with E-state index in [4.69, 9.17) is 0 Å². The molecule has 0 bridgehead atoms. The van der Waals surface area contributed by atoms with Gasteiger partial charge in [-0.15, -0.1) is 0 Å². The van der Waals surface area contributed by atoms with Crippen LogP contribution in [0.3, 0.4) is 0 Å². The Bertz CT molecular complexity index is 772. The number of carbonyl (C=O) groups is 1. The average Bonchev–Trinajstić information content (AvgIpc) is 2.77. The van der Waals surface area contributed by atoms with Gasteiger partial charge < -0.3 is 4.57 Å². The molecule has 0 unspecified atom stereocenters. The van der Waals surface area contributed by atoms with Crippen LogP contribution in [0.2, 0.25) is 0 Å². The molecule has 1 aromatic carbocycles. The van der Waals surface area contributed by atoms with Crippen molar-refractivity contribution in [3.8, 4) is 0 Å². The molecular formula is C16H15N3O. The number of para-hydroxylation sites is 2. The first kappa shape index (κ1) is 12.5. The zero-order valence-electron chi connectivity index (χ0n) is 11.5. The number of rotatable bonds is 3. The van der Waals surface area contributed by atoms with E-state index in [0.29, 0.717) is 5.56 Å². The van der Waals surface area contributed by atoms with Gasteiger partial charge in [-0.25, -0.2) is 4.98 Å². The number of hydrogen-bond acceptors (Lipinski definition) is 3. The Morgan fingerprint density at radius 2 is 2.00 bits per heavy atom. The number of nitrogens with zero attached hydrogens (tertiary/aromatic N) is 3. The third-order valence-corrected chi connectivity index (χ3v) is 3.43. The molecule has 4 nitrogen and oxygen atoms in total. The van der Waals surface area contributed by atoms with E-state index >= 15 is 0 Å². The summed E-state index contributed by atoms with van der Waals surface area (Å²) < 4.78 is 1.97. The Labute approximate surface area is 117 Å². The number of ketones is 1. The van der Waals surface area contributed by atoms with Gasteiger partial charge in [-0.3, -0.25) is 9.78 Å². The van der Waals surface area contributed by atoms with Crippen LogP contribution in [0.5, 0.6) is 0 Å². The number of fused-ring (bicyclic) bond motifs is 1. The quantitative estimate of drug-likeness (QED) is 0.684. The number of Topliss-reactive ketones (excluding diaryl/α,β-unsaturated/α-hetero) is 1. The van der Waals surface area contributed by atoms with Crippen molar-refractivity contribution in [1.82, 2.24) is 14.5 Å². The van der Waals surface area contributed by atoms with Crippen molar-refractivity contribution < 1.29 is 4.79 Å². The van der Waals surface area contributed by atoms with Gasteiger partial charge in [0.15, 0.2) is 5.78 Å². The molecule has 20 heavy (non-hydrogen) atoms. The molecule has 3 aromatic rings. The van der Waals surface area contributed by atoms with Crippen molar-refractivity contribution in [2.24, 2.45) is 7.05 Å². The number of hydrogen-bond donors (Lipinski definition) is 0. The van der Waals surface area contributed by atoms with Gasteiger partial charge >= 0.3 is 0 Å². The molecular weight excluding hydrogens is 250 g/mol. The monoisotopic (exact) mass is 265 g/mol. The second-order valence-electron chi connectivity index (χ2n) is 4.86. The maximum atomic E-state index is 12.3. The molecule has 2 aromatic heterocycles. The summed E-state index contributed by atoms with van der Waals surface area (Å²) >= 11 is 0. The summed E-state index contributed by atoms with van der Waals surface area (Å²) in [6, 6.07) is 11.5. The number of aryl methyl sites for hydroxylation is 2. The fraction of sp³-hybridized carbons (Fsp3) is 0.188. The van der Waals surface area contributed by atoms with Crippen molar-refractivity contribution in [2.75, 3.05) is 0 Å². The van der Waals surface area contributed by atoms with Crippen molar-refractivity contribution in [3.05, 3.63) is 59.7 Å². The lowest BCUT2D eigenvalue weighted by Crippen LogP contribution is -2.08. The molecule has 0 saturated heterocycles. The fourth-order valence-corrected chi connectivity index (χ4v) is 2.23. The van der Waals surface area contributed by atoms with Crippen LogP contribution in [-0.2, 0) is 13.5 Å². The van der Waals surface area contributed by atoms with Crippen molar-refractivity contribution >= 4 is 16.8 Å². The zero-order chi connectivity index (χ0) is 14.1. The van der Waals surface area contributed by atoms with Crippen molar-refractivity contribution in [2.45, 2.75) is 13.3 Å². The van der Waals surface area contributed by atoms with Gasteiger partial charge in [-0.1, -0.05) is 12.1 Å². The van der Waals surface area contributed by atoms with Crippen molar-refractivity contribution in [3.63, 3.8) is 0 Å². The van der Waals surface area contributed by atoms with Crippen LogP contribution in [0.1, 0.15) is 21.9 Å². The Hall–Kier alpha value is -2.49. The Balaban J connectivity index is 1.91. The fourth-order valence-electron chi connectivity index (χ4n) is 2.23. The number of benzene rings is 1. The molecule has 0 amide bonds. The highest BCUT2D eigenvalue weighted by Gasteiger charge is 2.13. The molecule has 0 fully saturated rings. The maximum Gasteiger partial charge on any atom is 0.171 e. The van der Waals surface area contributed by atoms with E-state index in [0.717, 1.165) is 22.6 Å². The van der Waals surface area contributed by atoms with Crippen LogP contribution in [0.4, 0.5) is 0 Å². The van der Waals surface area contributed by atoms with Crippen LogP contribution in [0.25, 0.3) is 11.0 Å². The number of imidazole rings is 1. The van der Waals surface area contributed by atoms with Crippen LogP contribution in [0.15, 0.2) is 42.6 Å². The SMILES string of the molecule is Cc1ccc(C(=O)Cc2nc3ccccc3n2C)cn1.